The molecule has 1 heterocycles. The van der Waals surface area contributed by atoms with Gasteiger partial charge in [0.1, 0.15) is 5.82 Å². The van der Waals surface area contributed by atoms with Gasteiger partial charge in [-0.1, -0.05) is 17.7 Å². The van der Waals surface area contributed by atoms with Crippen LogP contribution in [0.5, 0.6) is 0 Å². The molecule has 1 N–H and O–H groups in total. The summed E-state index contributed by atoms with van der Waals surface area (Å²) in [5.74, 6) is -0.330. The van der Waals surface area contributed by atoms with Gasteiger partial charge in [0, 0.05) is 30.3 Å². The molecule has 1 fully saturated rings. The van der Waals surface area contributed by atoms with Crippen LogP contribution in [-0.4, -0.2) is 55.6 Å². The molecule has 124 valence electrons. The van der Waals surface area contributed by atoms with Gasteiger partial charge in [0.15, 0.2) is 0 Å². The highest BCUT2D eigenvalue weighted by molar-refractivity contribution is 6.31. The lowest BCUT2D eigenvalue weighted by Gasteiger charge is -2.21. The Bertz CT molecular complexity index is 448. The molecule has 0 aliphatic carbocycles. The van der Waals surface area contributed by atoms with Crippen LogP contribution in [0.4, 0.5) is 4.39 Å². The number of rotatable bonds is 8. The monoisotopic (exact) mass is 331 g/mol. The quantitative estimate of drug-likeness (QED) is 0.794. The molecule has 22 heavy (non-hydrogen) atoms. The molecule has 2 rings (SSSR count). The van der Waals surface area contributed by atoms with Crippen LogP contribution in [0.25, 0.3) is 0 Å². The third kappa shape index (κ3) is 5.48. The molecule has 0 radical (unpaired) electrons. The molecule has 0 amide bonds. The number of ether oxygens (including phenoxy) is 2. The number of aliphatic hydroxyl groups is 1. The molecule has 0 spiro atoms. The lowest BCUT2D eigenvalue weighted by molar-refractivity contribution is -0.0239. The summed E-state index contributed by atoms with van der Waals surface area (Å²) in [6.45, 7) is 2.28. The van der Waals surface area contributed by atoms with Crippen molar-refractivity contribution in [1.82, 2.24) is 4.90 Å². The fourth-order valence-corrected chi connectivity index (χ4v) is 2.76. The predicted molar refractivity (Wildman–Crippen MR) is 83.5 cm³/mol. The first kappa shape index (κ1) is 17.6. The van der Waals surface area contributed by atoms with Gasteiger partial charge in [-0.15, -0.1) is 0 Å². The second kappa shape index (κ2) is 8.79. The van der Waals surface area contributed by atoms with E-state index in [2.05, 4.69) is 0 Å². The summed E-state index contributed by atoms with van der Waals surface area (Å²) in [5, 5.41) is 10.4. The highest BCUT2D eigenvalue weighted by Gasteiger charge is 2.17. The predicted octanol–water partition coefficient (Wildman–Crippen LogP) is 2.47. The first-order valence-electron chi connectivity index (χ1n) is 7.55. The van der Waals surface area contributed by atoms with E-state index in [0.29, 0.717) is 30.3 Å². The molecule has 0 bridgehead atoms. The van der Waals surface area contributed by atoms with E-state index >= 15 is 0 Å². The molecule has 1 saturated heterocycles. The third-order valence-corrected chi connectivity index (χ3v) is 4.00. The van der Waals surface area contributed by atoms with Gasteiger partial charge in [0.05, 0.1) is 25.4 Å². The Hall–Kier alpha value is -0.720. The summed E-state index contributed by atoms with van der Waals surface area (Å²) in [6, 6.07) is 4.63. The van der Waals surface area contributed by atoms with Gasteiger partial charge < -0.3 is 14.6 Å². The van der Waals surface area contributed by atoms with Crippen LogP contribution in [0, 0.1) is 5.82 Å². The largest absolute Gasteiger partial charge is 0.389 e. The van der Waals surface area contributed by atoms with Crippen molar-refractivity contribution in [3.8, 4) is 0 Å². The van der Waals surface area contributed by atoms with Crippen LogP contribution in [0.1, 0.15) is 18.4 Å². The number of hydrogen-bond acceptors (Lipinski definition) is 4. The average Bonchev–Trinajstić information content (AvgIpc) is 2.96. The van der Waals surface area contributed by atoms with Crippen LogP contribution < -0.4 is 0 Å². The van der Waals surface area contributed by atoms with Crippen LogP contribution >= 0.6 is 11.6 Å². The van der Waals surface area contributed by atoms with Gasteiger partial charge in [-0.2, -0.15) is 0 Å². The van der Waals surface area contributed by atoms with Gasteiger partial charge in [-0.05, 0) is 32.0 Å². The van der Waals surface area contributed by atoms with E-state index in [1.54, 1.807) is 12.1 Å². The SMILES string of the molecule is CN(Cc1c(F)cccc1Cl)CC(O)COCC1CCCO1. The second-order valence-corrected chi connectivity index (χ2v) is 6.13. The van der Waals surface area contributed by atoms with E-state index in [4.69, 9.17) is 21.1 Å². The molecule has 2 atom stereocenters. The lowest BCUT2D eigenvalue weighted by atomic mass is 10.2. The average molecular weight is 332 g/mol. The van der Waals surface area contributed by atoms with Crippen molar-refractivity contribution in [2.24, 2.45) is 0 Å². The molecule has 1 aromatic carbocycles. The maximum Gasteiger partial charge on any atom is 0.129 e. The van der Waals surface area contributed by atoms with Crippen molar-refractivity contribution in [2.75, 3.05) is 33.4 Å². The standard InChI is InChI=1S/C16H23ClFNO3/c1-19(9-14-15(17)5-2-6-16(14)18)8-12(20)10-21-11-13-4-3-7-22-13/h2,5-6,12-13,20H,3-4,7-11H2,1H3. The Morgan fingerprint density at radius 3 is 3.05 bits per heavy atom. The Balaban J connectivity index is 1.70. The zero-order valence-electron chi connectivity index (χ0n) is 12.8. The maximum absolute atomic E-state index is 13.7. The number of benzene rings is 1. The molecule has 2 unspecified atom stereocenters. The van der Waals surface area contributed by atoms with Gasteiger partial charge in [-0.3, -0.25) is 4.90 Å². The van der Waals surface area contributed by atoms with Crippen LogP contribution in [-0.2, 0) is 16.0 Å². The normalized spacial score (nSPS) is 19.8. The van der Waals surface area contributed by atoms with Gasteiger partial charge in [0.25, 0.3) is 0 Å². The van der Waals surface area contributed by atoms with E-state index < -0.39 is 6.10 Å². The van der Waals surface area contributed by atoms with E-state index in [1.807, 2.05) is 11.9 Å². The number of aliphatic hydroxyl groups excluding tert-OH is 1. The minimum atomic E-state index is -0.628. The Kier molecular flexibility index (Phi) is 7.05. The van der Waals surface area contributed by atoms with Gasteiger partial charge in [-0.25, -0.2) is 4.39 Å². The van der Waals surface area contributed by atoms with E-state index in [0.717, 1.165) is 19.4 Å². The molecule has 0 saturated carbocycles. The summed E-state index contributed by atoms with van der Waals surface area (Å²) < 4.78 is 24.6. The molecule has 1 aliphatic heterocycles. The van der Waals surface area contributed by atoms with Crippen molar-refractivity contribution in [3.63, 3.8) is 0 Å². The van der Waals surface area contributed by atoms with Crippen molar-refractivity contribution >= 4 is 11.6 Å². The first-order valence-corrected chi connectivity index (χ1v) is 7.93. The summed E-state index contributed by atoms with van der Waals surface area (Å²) in [7, 11) is 1.81. The Morgan fingerprint density at radius 2 is 2.36 bits per heavy atom. The molecular formula is C16H23ClFNO3. The highest BCUT2D eigenvalue weighted by atomic mass is 35.5. The number of halogens is 2. The molecule has 4 nitrogen and oxygen atoms in total. The van der Waals surface area contributed by atoms with E-state index in [1.165, 1.54) is 6.07 Å². The molecule has 0 aromatic heterocycles. The minimum absolute atomic E-state index is 0.155. The minimum Gasteiger partial charge on any atom is -0.389 e. The first-order chi connectivity index (χ1) is 10.6. The lowest BCUT2D eigenvalue weighted by Crippen LogP contribution is -2.33. The van der Waals surface area contributed by atoms with Crippen molar-refractivity contribution in [3.05, 3.63) is 34.6 Å². The number of likely N-dealkylation sites (N-methyl/N-ethyl adjacent to an activating group) is 1. The Morgan fingerprint density at radius 1 is 1.55 bits per heavy atom. The van der Waals surface area contributed by atoms with Crippen molar-refractivity contribution in [1.29, 1.82) is 0 Å². The van der Waals surface area contributed by atoms with Crippen molar-refractivity contribution < 1.29 is 19.0 Å². The van der Waals surface area contributed by atoms with E-state index in [9.17, 15) is 9.50 Å². The topological polar surface area (TPSA) is 41.9 Å². The van der Waals surface area contributed by atoms with Gasteiger partial charge >= 0.3 is 0 Å². The maximum atomic E-state index is 13.7. The fraction of sp³-hybridized carbons (Fsp3) is 0.625. The third-order valence-electron chi connectivity index (χ3n) is 3.65. The van der Waals surface area contributed by atoms with Crippen LogP contribution in [0.15, 0.2) is 18.2 Å². The summed E-state index contributed by atoms with van der Waals surface area (Å²) in [6.07, 6.45) is 1.61. The smallest absolute Gasteiger partial charge is 0.129 e. The Labute approximate surface area is 135 Å². The van der Waals surface area contributed by atoms with Crippen LogP contribution in [0.2, 0.25) is 5.02 Å². The second-order valence-electron chi connectivity index (χ2n) is 5.72. The summed E-state index contributed by atoms with van der Waals surface area (Å²) in [4.78, 5) is 1.82. The van der Waals surface area contributed by atoms with Gasteiger partial charge in [0.2, 0.25) is 0 Å². The fourth-order valence-electron chi connectivity index (χ4n) is 2.54. The van der Waals surface area contributed by atoms with E-state index in [-0.39, 0.29) is 18.5 Å². The molecule has 6 heteroatoms. The zero-order chi connectivity index (χ0) is 15.9. The van der Waals surface area contributed by atoms with Crippen molar-refractivity contribution in [2.45, 2.75) is 31.6 Å². The molecule has 1 aromatic rings. The number of nitrogens with zero attached hydrogens (tertiary/aromatic N) is 1. The van der Waals surface area contributed by atoms with Crippen LogP contribution in [0.3, 0.4) is 0 Å². The number of hydrogen-bond donors (Lipinski definition) is 1. The molecule has 1 aliphatic rings. The summed E-state index contributed by atoms with van der Waals surface area (Å²) in [5.41, 5.74) is 0.444. The summed E-state index contributed by atoms with van der Waals surface area (Å²) >= 11 is 6.00. The molecular weight excluding hydrogens is 309 g/mol. The zero-order valence-corrected chi connectivity index (χ0v) is 13.6. The highest BCUT2D eigenvalue weighted by Crippen LogP contribution is 2.20.